The van der Waals surface area contributed by atoms with E-state index in [9.17, 15) is 17.6 Å². The van der Waals surface area contributed by atoms with Crippen molar-refractivity contribution in [3.05, 3.63) is 102 Å². The summed E-state index contributed by atoms with van der Waals surface area (Å²) in [5.74, 6) is -0.431. The van der Waals surface area contributed by atoms with Crippen LogP contribution in [0.5, 0.6) is 0 Å². The first kappa shape index (κ1) is 23.4. The zero-order valence-electron chi connectivity index (χ0n) is 18.5. The van der Waals surface area contributed by atoms with Crippen LogP contribution in [-0.4, -0.2) is 27.5 Å². The number of nitrogens with zero attached hydrogens (tertiary/aromatic N) is 1. The minimum Gasteiger partial charge on any atom is -0.307 e. The summed E-state index contributed by atoms with van der Waals surface area (Å²) in [7, 11) is -3.80. The quantitative estimate of drug-likeness (QED) is 0.379. The fourth-order valence-corrected chi connectivity index (χ4v) is 4.63. The van der Waals surface area contributed by atoms with Crippen LogP contribution in [-0.2, 0) is 10.0 Å². The molecule has 34 heavy (non-hydrogen) atoms. The topological polar surface area (TPSA) is 78.5 Å². The molecule has 0 saturated heterocycles. The van der Waals surface area contributed by atoms with E-state index >= 15 is 0 Å². The molecule has 0 fully saturated rings. The van der Waals surface area contributed by atoms with E-state index in [0.717, 1.165) is 16.3 Å². The summed E-state index contributed by atoms with van der Waals surface area (Å²) in [5, 5.41) is 4.60. The van der Waals surface area contributed by atoms with Crippen molar-refractivity contribution in [3.8, 4) is 0 Å². The number of anilines is 2. The number of carbonyl (C=O) groups is 1. The number of amides is 2. The molecule has 8 heteroatoms. The van der Waals surface area contributed by atoms with Gasteiger partial charge >= 0.3 is 6.03 Å². The van der Waals surface area contributed by atoms with Gasteiger partial charge in [0.05, 0.1) is 4.90 Å². The molecule has 174 valence electrons. The first-order valence-electron chi connectivity index (χ1n) is 10.7. The number of sulfonamides is 1. The number of hydrogen-bond donors (Lipinski definition) is 2. The number of carbonyl (C=O) groups excluding carboxylic acids is 1. The molecule has 0 bridgehead atoms. The summed E-state index contributed by atoms with van der Waals surface area (Å²) in [6.07, 6.45) is 0. The third-order valence-corrected chi connectivity index (χ3v) is 6.89. The van der Waals surface area contributed by atoms with E-state index in [1.54, 1.807) is 24.3 Å². The Balaban J connectivity index is 1.51. The van der Waals surface area contributed by atoms with E-state index in [0.29, 0.717) is 11.4 Å². The van der Waals surface area contributed by atoms with E-state index < -0.39 is 21.9 Å². The Labute approximate surface area is 198 Å². The highest BCUT2D eigenvalue weighted by Crippen LogP contribution is 2.20. The van der Waals surface area contributed by atoms with Gasteiger partial charge in [0.2, 0.25) is 10.0 Å². The fraction of sp³-hybridized carbons (Fsp3) is 0.115. The second-order valence-electron chi connectivity index (χ2n) is 7.78. The van der Waals surface area contributed by atoms with Crippen LogP contribution in [0.2, 0.25) is 0 Å². The fourth-order valence-electron chi connectivity index (χ4n) is 3.57. The molecule has 2 N–H and O–H groups in total. The molecule has 0 spiro atoms. The molecule has 2 amide bonds. The molecular formula is C26H24FN3O3S. The van der Waals surface area contributed by atoms with Crippen molar-refractivity contribution in [2.75, 3.05) is 23.3 Å². The highest BCUT2D eigenvalue weighted by Gasteiger charge is 2.19. The van der Waals surface area contributed by atoms with Gasteiger partial charge in [0.15, 0.2) is 0 Å². The Morgan fingerprint density at radius 1 is 0.882 bits per heavy atom. The Morgan fingerprint density at radius 2 is 1.56 bits per heavy atom. The van der Waals surface area contributed by atoms with Crippen LogP contribution in [0.3, 0.4) is 0 Å². The lowest BCUT2D eigenvalue weighted by Gasteiger charge is -2.24. The van der Waals surface area contributed by atoms with Gasteiger partial charge in [0.25, 0.3) is 0 Å². The maximum absolute atomic E-state index is 13.4. The van der Waals surface area contributed by atoms with Gasteiger partial charge in [-0.2, -0.15) is 0 Å². The number of halogens is 1. The largest absolute Gasteiger partial charge is 0.326 e. The number of fused-ring (bicyclic) bond motifs is 1. The number of hydrogen-bond acceptors (Lipinski definition) is 3. The van der Waals surface area contributed by atoms with Crippen LogP contribution in [0, 0.1) is 12.7 Å². The van der Waals surface area contributed by atoms with Gasteiger partial charge in [0, 0.05) is 24.5 Å². The highest BCUT2D eigenvalue weighted by atomic mass is 32.2. The predicted octanol–water partition coefficient (Wildman–Crippen LogP) is 5.30. The highest BCUT2D eigenvalue weighted by molar-refractivity contribution is 7.89. The molecule has 0 aliphatic carbocycles. The van der Waals surface area contributed by atoms with Crippen LogP contribution in [0.4, 0.5) is 20.6 Å². The van der Waals surface area contributed by atoms with Crippen molar-refractivity contribution in [2.24, 2.45) is 0 Å². The molecule has 0 unspecified atom stereocenters. The summed E-state index contributed by atoms with van der Waals surface area (Å²) >= 11 is 0. The average molecular weight is 478 g/mol. The average Bonchev–Trinajstić information content (AvgIpc) is 2.83. The lowest BCUT2D eigenvalue weighted by molar-refractivity contribution is 0.257. The second kappa shape index (κ2) is 10.0. The van der Waals surface area contributed by atoms with Gasteiger partial charge in [0.1, 0.15) is 5.82 Å². The van der Waals surface area contributed by atoms with Crippen LogP contribution < -0.4 is 14.9 Å². The van der Waals surface area contributed by atoms with Gasteiger partial charge in [-0.05, 0) is 65.7 Å². The Kier molecular flexibility index (Phi) is 6.90. The monoisotopic (exact) mass is 477 g/mol. The Bertz CT molecular complexity index is 1420. The molecular weight excluding hydrogens is 453 g/mol. The second-order valence-corrected chi connectivity index (χ2v) is 9.55. The normalized spacial score (nSPS) is 11.4. The van der Waals surface area contributed by atoms with Crippen LogP contribution in [0.25, 0.3) is 10.8 Å². The molecule has 0 aromatic heterocycles. The standard InChI is InChI=1S/C26H24FN3O3S/c1-19-6-2-5-9-25(19)29-26(31)30(23-13-11-22(27)12-14-23)17-16-28-34(32,33)24-15-10-20-7-3-4-8-21(20)18-24/h2-15,18,28H,16-17H2,1H3,(H,29,31). The number of urea groups is 1. The predicted molar refractivity (Wildman–Crippen MR) is 133 cm³/mol. The molecule has 4 aromatic rings. The van der Waals surface area contributed by atoms with E-state index in [2.05, 4.69) is 10.0 Å². The molecule has 0 saturated carbocycles. The molecule has 0 heterocycles. The summed E-state index contributed by atoms with van der Waals surface area (Å²) in [6.45, 7) is 1.87. The SMILES string of the molecule is Cc1ccccc1NC(=O)N(CCNS(=O)(=O)c1ccc2ccccc2c1)c1ccc(F)cc1. The van der Waals surface area contributed by atoms with E-state index in [-0.39, 0.29) is 18.0 Å². The van der Waals surface area contributed by atoms with Crippen molar-refractivity contribution < 1.29 is 17.6 Å². The number of nitrogens with one attached hydrogen (secondary N) is 2. The smallest absolute Gasteiger partial charge is 0.307 e. The van der Waals surface area contributed by atoms with E-state index in [1.165, 1.54) is 29.2 Å². The molecule has 4 aromatic carbocycles. The molecule has 0 aliphatic heterocycles. The van der Waals surface area contributed by atoms with E-state index in [1.807, 2.05) is 49.4 Å². The summed E-state index contributed by atoms with van der Waals surface area (Å²) in [6, 6.07) is 24.7. The third-order valence-electron chi connectivity index (χ3n) is 5.43. The number of rotatable bonds is 7. The number of aryl methyl sites for hydroxylation is 1. The van der Waals surface area contributed by atoms with Crippen LogP contribution in [0.1, 0.15) is 5.56 Å². The number of benzene rings is 4. The maximum Gasteiger partial charge on any atom is 0.326 e. The van der Waals surface area contributed by atoms with Crippen LogP contribution in [0.15, 0.2) is 95.9 Å². The van der Waals surface area contributed by atoms with Gasteiger partial charge < -0.3 is 5.32 Å². The Hall–Kier alpha value is -3.75. The molecule has 0 aliphatic rings. The maximum atomic E-state index is 13.4. The summed E-state index contributed by atoms with van der Waals surface area (Å²) in [5.41, 5.74) is 1.96. The first-order chi connectivity index (χ1) is 16.3. The van der Waals surface area contributed by atoms with Crippen LogP contribution >= 0.6 is 0 Å². The minimum absolute atomic E-state index is 0.0340. The third kappa shape index (κ3) is 5.41. The van der Waals surface area contributed by atoms with Gasteiger partial charge in [-0.3, -0.25) is 4.90 Å². The zero-order chi connectivity index (χ0) is 24.1. The molecule has 4 rings (SSSR count). The van der Waals surface area contributed by atoms with Crippen molar-refractivity contribution in [1.29, 1.82) is 0 Å². The van der Waals surface area contributed by atoms with Gasteiger partial charge in [-0.1, -0.05) is 48.5 Å². The molecule has 0 radical (unpaired) electrons. The number of para-hydroxylation sites is 1. The Morgan fingerprint density at radius 3 is 2.29 bits per heavy atom. The summed E-state index contributed by atoms with van der Waals surface area (Å²) in [4.78, 5) is 14.6. The van der Waals surface area contributed by atoms with Gasteiger partial charge in [-0.25, -0.2) is 22.3 Å². The van der Waals surface area contributed by atoms with Crippen molar-refractivity contribution >= 4 is 38.2 Å². The van der Waals surface area contributed by atoms with Gasteiger partial charge in [-0.15, -0.1) is 0 Å². The van der Waals surface area contributed by atoms with Crippen molar-refractivity contribution in [1.82, 2.24) is 4.72 Å². The summed E-state index contributed by atoms with van der Waals surface area (Å²) < 4.78 is 41.7. The lowest BCUT2D eigenvalue weighted by atomic mass is 10.1. The van der Waals surface area contributed by atoms with Crippen molar-refractivity contribution in [2.45, 2.75) is 11.8 Å². The minimum atomic E-state index is -3.80. The lowest BCUT2D eigenvalue weighted by Crippen LogP contribution is -2.41. The van der Waals surface area contributed by atoms with E-state index in [4.69, 9.17) is 0 Å². The molecule has 6 nitrogen and oxygen atoms in total. The van der Waals surface area contributed by atoms with Crippen molar-refractivity contribution in [3.63, 3.8) is 0 Å². The zero-order valence-corrected chi connectivity index (χ0v) is 19.3. The first-order valence-corrected chi connectivity index (χ1v) is 12.2. The molecule has 0 atom stereocenters.